The predicted octanol–water partition coefficient (Wildman–Crippen LogP) is 1.82. The van der Waals surface area contributed by atoms with Crippen LogP contribution in [-0.4, -0.2) is 22.5 Å². The summed E-state index contributed by atoms with van der Waals surface area (Å²) in [7, 11) is -0.290. The summed E-state index contributed by atoms with van der Waals surface area (Å²) < 4.78 is 26.7. The third kappa shape index (κ3) is 3.07. The van der Waals surface area contributed by atoms with E-state index in [-0.39, 0.29) is 4.90 Å². The van der Waals surface area contributed by atoms with Crippen LogP contribution in [-0.2, 0) is 16.6 Å². The van der Waals surface area contributed by atoms with Gasteiger partial charge < -0.3 is 10.6 Å². The van der Waals surface area contributed by atoms with Crippen LogP contribution >= 0.6 is 0 Å². The number of hydrogen-bond donors (Lipinski definition) is 2. The highest BCUT2D eigenvalue weighted by Crippen LogP contribution is 2.31. The van der Waals surface area contributed by atoms with Gasteiger partial charge in [-0.2, -0.15) is 0 Å². The summed E-state index contributed by atoms with van der Waals surface area (Å²) >= 11 is 0. The van der Waals surface area contributed by atoms with Crippen molar-refractivity contribution in [1.82, 2.24) is 4.72 Å². The largest absolute Gasteiger partial charge is 0.343 e. The first-order chi connectivity index (χ1) is 10.0. The van der Waals surface area contributed by atoms with Crippen molar-refractivity contribution < 1.29 is 8.42 Å². The highest BCUT2D eigenvalue weighted by Gasteiger charge is 2.19. The Balaban J connectivity index is 2.57. The van der Waals surface area contributed by atoms with Gasteiger partial charge in [0.15, 0.2) is 0 Å². The van der Waals surface area contributed by atoms with Crippen LogP contribution in [0.25, 0.3) is 0 Å². The molecule has 2 rings (SSSR count). The minimum atomic E-state index is -3.52. The first-order valence-electron chi connectivity index (χ1n) is 6.55. The Bertz CT molecular complexity index is 729. The Hall–Kier alpha value is -1.89. The summed E-state index contributed by atoms with van der Waals surface area (Å²) in [6.45, 7) is 0.390. The van der Waals surface area contributed by atoms with Crippen molar-refractivity contribution >= 4 is 21.4 Å². The molecular formula is C15H19N3O2S. The highest BCUT2D eigenvalue weighted by atomic mass is 32.2. The van der Waals surface area contributed by atoms with Crippen molar-refractivity contribution in [3.63, 3.8) is 0 Å². The second-order valence-corrected chi connectivity index (χ2v) is 6.42. The lowest BCUT2D eigenvalue weighted by atomic mass is 10.1. The van der Waals surface area contributed by atoms with Gasteiger partial charge in [-0.3, -0.25) is 0 Å². The van der Waals surface area contributed by atoms with E-state index in [2.05, 4.69) is 4.72 Å². The molecule has 0 aromatic heterocycles. The summed E-state index contributed by atoms with van der Waals surface area (Å²) in [5.74, 6) is 0. The van der Waals surface area contributed by atoms with E-state index in [0.29, 0.717) is 12.2 Å². The fraction of sp³-hybridized carbons (Fsp3) is 0.200. The number of rotatable bonds is 5. The topological polar surface area (TPSA) is 75.4 Å². The molecule has 2 aromatic carbocycles. The van der Waals surface area contributed by atoms with Crippen LogP contribution in [0.15, 0.2) is 53.4 Å². The van der Waals surface area contributed by atoms with Crippen LogP contribution in [0.1, 0.15) is 5.56 Å². The van der Waals surface area contributed by atoms with Gasteiger partial charge in [0.2, 0.25) is 10.0 Å². The van der Waals surface area contributed by atoms with E-state index in [9.17, 15) is 8.42 Å². The van der Waals surface area contributed by atoms with Gasteiger partial charge in [-0.1, -0.05) is 30.3 Å². The number of nitrogens with two attached hydrogens (primary N) is 1. The zero-order valence-corrected chi connectivity index (χ0v) is 12.9. The molecule has 0 aliphatic heterocycles. The molecule has 0 heterocycles. The van der Waals surface area contributed by atoms with Crippen LogP contribution in [0.5, 0.6) is 0 Å². The average Bonchev–Trinajstić information content (AvgIpc) is 2.54. The molecule has 0 radical (unpaired) electrons. The third-order valence-corrected chi connectivity index (χ3v) is 4.82. The minimum absolute atomic E-state index is 0.238. The van der Waals surface area contributed by atoms with Gasteiger partial charge in [0.25, 0.3) is 0 Å². The van der Waals surface area contributed by atoms with E-state index in [1.807, 2.05) is 42.3 Å². The fourth-order valence-electron chi connectivity index (χ4n) is 2.21. The van der Waals surface area contributed by atoms with Gasteiger partial charge in [-0.05, 0) is 30.8 Å². The molecule has 0 aliphatic rings. The summed E-state index contributed by atoms with van der Waals surface area (Å²) in [5, 5.41) is 0. The van der Waals surface area contributed by atoms with Crippen molar-refractivity contribution in [2.24, 2.45) is 5.73 Å². The highest BCUT2D eigenvalue weighted by molar-refractivity contribution is 7.89. The number of nitrogens with one attached hydrogen (secondary N) is 1. The zero-order chi connectivity index (χ0) is 15.5. The molecule has 0 saturated heterocycles. The van der Waals surface area contributed by atoms with Gasteiger partial charge in [0.05, 0.1) is 5.69 Å². The molecular weight excluding hydrogens is 286 g/mol. The van der Waals surface area contributed by atoms with Gasteiger partial charge in [-0.25, -0.2) is 13.1 Å². The number of anilines is 2. The Morgan fingerprint density at radius 1 is 1.05 bits per heavy atom. The molecule has 0 bridgehead atoms. The second kappa shape index (κ2) is 6.26. The molecule has 112 valence electrons. The van der Waals surface area contributed by atoms with E-state index < -0.39 is 10.0 Å². The molecule has 2 aromatic rings. The molecule has 0 amide bonds. The lowest BCUT2D eigenvalue weighted by Gasteiger charge is -2.24. The fourth-order valence-corrected chi connectivity index (χ4v) is 3.17. The van der Waals surface area contributed by atoms with Gasteiger partial charge in [0, 0.05) is 19.3 Å². The molecule has 0 fully saturated rings. The van der Waals surface area contributed by atoms with Crippen LogP contribution in [0.3, 0.4) is 0 Å². The SMILES string of the molecule is CNS(=O)(=O)c1ccccc1N(C)c1ccccc1CN. The number of hydrogen-bond acceptors (Lipinski definition) is 4. The Morgan fingerprint density at radius 2 is 1.62 bits per heavy atom. The van der Waals surface area contributed by atoms with Crippen LogP contribution < -0.4 is 15.4 Å². The minimum Gasteiger partial charge on any atom is -0.343 e. The third-order valence-electron chi connectivity index (χ3n) is 3.36. The predicted molar refractivity (Wildman–Crippen MR) is 85.1 cm³/mol. The van der Waals surface area contributed by atoms with Crippen LogP contribution in [0.4, 0.5) is 11.4 Å². The first-order valence-corrected chi connectivity index (χ1v) is 8.04. The molecule has 0 spiro atoms. The molecule has 5 nitrogen and oxygen atoms in total. The molecule has 6 heteroatoms. The van der Waals surface area contributed by atoms with Gasteiger partial charge >= 0.3 is 0 Å². The normalized spacial score (nSPS) is 11.4. The van der Waals surface area contributed by atoms with E-state index in [1.54, 1.807) is 18.2 Å². The molecule has 0 atom stereocenters. The van der Waals surface area contributed by atoms with Crippen molar-refractivity contribution in [3.8, 4) is 0 Å². The number of sulfonamides is 1. The van der Waals surface area contributed by atoms with E-state index in [4.69, 9.17) is 5.73 Å². The van der Waals surface area contributed by atoms with Crippen molar-refractivity contribution in [2.75, 3.05) is 19.0 Å². The Kier molecular flexibility index (Phi) is 4.62. The smallest absolute Gasteiger partial charge is 0.242 e. The maximum absolute atomic E-state index is 12.1. The molecule has 0 unspecified atom stereocenters. The maximum Gasteiger partial charge on any atom is 0.242 e. The quantitative estimate of drug-likeness (QED) is 0.883. The summed E-state index contributed by atoms with van der Waals surface area (Å²) in [5.41, 5.74) is 8.21. The monoisotopic (exact) mass is 305 g/mol. The Labute approximate surface area is 125 Å². The maximum atomic E-state index is 12.1. The zero-order valence-electron chi connectivity index (χ0n) is 12.1. The van der Waals surface area contributed by atoms with Crippen molar-refractivity contribution in [1.29, 1.82) is 0 Å². The summed E-state index contributed by atoms with van der Waals surface area (Å²) in [4.78, 5) is 2.08. The number of para-hydroxylation sites is 2. The van der Waals surface area contributed by atoms with E-state index in [1.165, 1.54) is 7.05 Å². The summed E-state index contributed by atoms with van der Waals surface area (Å²) in [6.07, 6.45) is 0. The standard InChI is InChI=1S/C15H19N3O2S/c1-17-21(19,20)15-10-6-5-9-14(15)18(2)13-8-4-3-7-12(13)11-16/h3-10,17H,11,16H2,1-2H3. The molecule has 0 aliphatic carbocycles. The van der Waals surface area contributed by atoms with Crippen molar-refractivity contribution in [3.05, 3.63) is 54.1 Å². The first kappa shape index (κ1) is 15.5. The van der Waals surface area contributed by atoms with E-state index >= 15 is 0 Å². The summed E-state index contributed by atoms with van der Waals surface area (Å²) in [6, 6.07) is 14.5. The molecule has 0 saturated carbocycles. The lowest BCUT2D eigenvalue weighted by molar-refractivity contribution is 0.588. The molecule has 21 heavy (non-hydrogen) atoms. The number of nitrogens with zero attached hydrogens (tertiary/aromatic N) is 1. The van der Waals surface area contributed by atoms with Crippen molar-refractivity contribution in [2.45, 2.75) is 11.4 Å². The van der Waals surface area contributed by atoms with Gasteiger partial charge in [0.1, 0.15) is 4.90 Å². The van der Waals surface area contributed by atoms with Crippen LogP contribution in [0, 0.1) is 0 Å². The van der Waals surface area contributed by atoms with E-state index in [0.717, 1.165) is 11.3 Å². The van der Waals surface area contributed by atoms with Crippen LogP contribution in [0.2, 0.25) is 0 Å². The van der Waals surface area contributed by atoms with Gasteiger partial charge in [-0.15, -0.1) is 0 Å². The second-order valence-electron chi connectivity index (χ2n) is 4.57. The molecule has 3 N–H and O–H groups in total. The number of benzene rings is 2. The Morgan fingerprint density at radius 3 is 2.24 bits per heavy atom. The lowest BCUT2D eigenvalue weighted by Crippen LogP contribution is -2.22. The average molecular weight is 305 g/mol.